The fourth-order valence-corrected chi connectivity index (χ4v) is 2.56. The molecule has 0 amide bonds. The minimum absolute atomic E-state index is 0.203. The highest BCUT2D eigenvalue weighted by Gasteiger charge is 2.13. The molecule has 1 heterocycles. The third-order valence-electron chi connectivity index (χ3n) is 3.57. The molecule has 3 nitrogen and oxygen atoms in total. The van der Waals surface area contributed by atoms with Crippen molar-refractivity contribution < 1.29 is 9.90 Å². The summed E-state index contributed by atoms with van der Waals surface area (Å²) >= 11 is 0. The van der Waals surface area contributed by atoms with Crippen molar-refractivity contribution in [2.75, 3.05) is 18.0 Å². The van der Waals surface area contributed by atoms with E-state index in [1.165, 1.54) is 24.6 Å². The lowest BCUT2D eigenvalue weighted by atomic mass is 9.95. The highest BCUT2D eigenvalue weighted by Crippen LogP contribution is 2.26. The zero-order valence-electron chi connectivity index (χ0n) is 11.6. The van der Waals surface area contributed by atoms with Gasteiger partial charge in [-0.1, -0.05) is 26.0 Å². The molecule has 0 bridgehead atoms. The third kappa shape index (κ3) is 3.37. The summed E-state index contributed by atoms with van der Waals surface area (Å²) in [6.45, 7) is 6.29. The molecule has 0 aliphatic carbocycles. The molecule has 1 aromatic carbocycles. The van der Waals surface area contributed by atoms with Gasteiger partial charge in [0.05, 0.1) is 0 Å². The molecule has 1 aliphatic rings. The van der Waals surface area contributed by atoms with Crippen molar-refractivity contribution in [3.63, 3.8) is 0 Å². The molecule has 1 saturated heterocycles. The normalized spacial score (nSPS) is 16.2. The van der Waals surface area contributed by atoms with Gasteiger partial charge in [-0.15, -0.1) is 0 Å². The number of carbonyl (C=O) groups is 1. The summed E-state index contributed by atoms with van der Waals surface area (Å²) < 4.78 is 0. The second-order valence-corrected chi connectivity index (χ2v) is 5.33. The van der Waals surface area contributed by atoms with Crippen molar-refractivity contribution in [1.82, 2.24) is 0 Å². The minimum Gasteiger partial charge on any atom is -0.478 e. The fraction of sp³-hybridized carbons (Fsp3) is 0.438. The van der Waals surface area contributed by atoms with Crippen LogP contribution in [0.25, 0.3) is 5.57 Å². The number of allylic oxidation sites excluding steroid dienone is 1. The highest BCUT2D eigenvalue weighted by molar-refractivity contribution is 5.90. The van der Waals surface area contributed by atoms with Crippen LogP contribution in [0.1, 0.15) is 32.3 Å². The molecule has 0 radical (unpaired) electrons. The van der Waals surface area contributed by atoms with Crippen molar-refractivity contribution in [3.05, 3.63) is 35.9 Å². The van der Waals surface area contributed by atoms with Crippen LogP contribution in [-0.4, -0.2) is 24.2 Å². The topological polar surface area (TPSA) is 40.5 Å². The lowest BCUT2D eigenvalue weighted by molar-refractivity contribution is -0.131. The lowest BCUT2D eigenvalue weighted by Gasteiger charge is -2.18. The van der Waals surface area contributed by atoms with Gasteiger partial charge in [-0.05, 0) is 42.0 Å². The van der Waals surface area contributed by atoms with Crippen molar-refractivity contribution in [2.45, 2.75) is 26.7 Å². The number of anilines is 1. The van der Waals surface area contributed by atoms with Crippen LogP contribution in [0.4, 0.5) is 5.69 Å². The maximum atomic E-state index is 10.9. The van der Waals surface area contributed by atoms with E-state index in [9.17, 15) is 4.79 Å². The SMILES string of the molecule is CC(C)/C(=C\C(=O)O)c1ccc(N2CCCC2)cc1. The summed E-state index contributed by atoms with van der Waals surface area (Å²) in [4.78, 5) is 13.3. The number of carboxylic acid groups (broad SMARTS) is 1. The Morgan fingerprint density at radius 3 is 2.26 bits per heavy atom. The van der Waals surface area contributed by atoms with E-state index in [0.29, 0.717) is 0 Å². The van der Waals surface area contributed by atoms with Crippen molar-refractivity contribution in [1.29, 1.82) is 0 Å². The zero-order chi connectivity index (χ0) is 13.8. The van der Waals surface area contributed by atoms with Gasteiger partial charge in [0.2, 0.25) is 0 Å². The predicted octanol–water partition coefficient (Wildman–Crippen LogP) is 3.41. The van der Waals surface area contributed by atoms with Gasteiger partial charge in [0, 0.05) is 24.9 Å². The van der Waals surface area contributed by atoms with Crippen molar-refractivity contribution in [2.24, 2.45) is 5.92 Å². The van der Waals surface area contributed by atoms with Gasteiger partial charge in [-0.3, -0.25) is 0 Å². The van der Waals surface area contributed by atoms with Crippen molar-refractivity contribution >= 4 is 17.2 Å². The fourth-order valence-electron chi connectivity index (χ4n) is 2.56. The Balaban J connectivity index is 2.22. The minimum atomic E-state index is -0.882. The second-order valence-electron chi connectivity index (χ2n) is 5.33. The smallest absolute Gasteiger partial charge is 0.328 e. The molecule has 1 fully saturated rings. The largest absolute Gasteiger partial charge is 0.478 e. The molecular weight excluding hydrogens is 238 g/mol. The van der Waals surface area contributed by atoms with E-state index in [2.05, 4.69) is 17.0 Å². The average Bonchev–Trinajstić information content (AvgIpc) is 2.89. The van der Waals surface area contributed by atoms with E-state index in [-0.39, 0.29) is 5.92 Å². The summed E-state index contributed by atoms with van der Waals surface area (Å²) in [5, 5.41) is 8.94. The van der Waals surface area contributed by atoms with Crippen LogP contribution < -0.4 is 4.90 Å². The van der Waals surface area contributed by atoms with Gasteiger partial charge in [0.15, 0.2) is 0 Å². The first-order valence-corrected chi connectivity index (χ1v) is 6.88. The number of hydrogen-bond acceptors (Lipinski definition) is 2. The van der Waals surface area contributed by atoms with E-state index >= 15 is 0 Å². The standard InChI is InChI=1S/C16H21NO2/c1-12(2)15(11-16(18)19)13-5-7-14(8-6-13)17-9-3-4-10-17/h5-8,11-12H,3-4,9-10H2,1-2H3,(H,18,19)/b15-11+. The highest BCUT2D eigenvalue weighted by atomic mass is 16.4. The number of benzene rings is 1. The molecule has 0 spiro atoms. The number of aliphatic carboxylic acids is 1. The van der Waals surface area contributed by atoms with Gasteiger partial charge in [0.1, 0.15) is 0 Å². The van der Waals surface area contributed by atoms with E-state index < -0.39 is 5.97 Å². The molecule has 102 valence electrons. The summed E-state index contributed by atoms with van der Waals surface area (Å²) in [5.41, 5.74) is 3.11. The Hall–Kier alpha value is -1.77. The summed E-state index contributed by atoms with van der Waals surface area (Å²) in [6, 6.07) is 8.25. The van der Waals surface area contributed by atoms with Crippen LogP contribution >= 0.6 is 0 Å². The number of nitrogens with zero attached hydrogens (tertiary/aromatic N) is 1. The Kier molecular flexibility index (Phi) is 4.25. The molecular formula is C16H21NO2. The van der Waals surface area contributed by atoms with Crippen LogP contribution in [0, 0.1) is 5.92 Å². The van der Waals surface area contributed by atoms with Crippen LogP contribution in [0.5, 0.6) is 0 Å². The Labute approximate surface area is 114 Å². The maximum absolute atomic E-state index is 10.9. The second kappa shape index (κ2) is 5.91. The molecule has 1 N–H and O–H groups in total. The van der Waals surface area contributed by atoms with Crippen LogP contribution in [0.2, 0.25) is 0 Å². The van der Waals surface area contributed by atoms with Gasteiger partial charge < -0.3 is 10.0 Å². The molecule has 1 aliphatic heterocycles. The van der Waals surface area contributed by atoms with Gasteiger partial charge in [-0.2, -0.15) is 0 Å². The first-order chi connectivity index (χ1) is 9.08. The summed E-state index contributed by atoms with van der Waals surface area (Å²) in [5.74, 6) is -0.680. The molecule has 1 aromatic rings. The summed E-state index contributed by atoms with van der Waals surface area (Å²) in [7, 11) is 0. The third-order valence-corrected chi connectivity index (χ3v) is 3.57. The van der Waals surface area contributed by atoms with Gasteiger partial charge >= 0.3 is 5.97 Å². The Morgan fingerprint density at radius 2 is 1.79 bits per heavy atom. The quantitative estimate of drug-likeness (QED) is 0.842. The predicted molar refractivity (Wildman–Crippen MR) is 78.3 cm³/mol. The maximum Gasteiger partial charge on any atom is 0.328 e. The van der Waals surface area contributed by atoms with Gasteiger partial charge in [0.25, 0.3) is 0 Å². The average molecular weight is 259 g/mol. The Bertz CT molecular complexity index is 468. The van der Waals surface area contributed by atoms with Crippen molar-refractivity contribution in [3.8, 4) is 0 Å². The number of carboxylic acids is 1. The van der Waals surface area contributed by atoms with Crippen LogP contribution in [0.15, 0.2) is 30.3 Å². The molecule has 3 heteroatoms. The van der Waals surface area contributed by atoms with E-state index in [1.807, 2.05) is 26.0 Å². The monoisotopic (exact) mass is 259 g/mol. The summed E-state index contributed by atoms with van der Waals surface area (Å²) in [6.07, 6.45) is 3.84. The molecule has 0 saturated carbocycles. The Morgan fingerprint density at radius 1 is 1.21 bits per heavy atom. The molecule has 0 unspecified atom stereocenters. The molecule has 0 aromatic heterocycles. The van der Waals surface area contributed by atoms with Crippen LogP contribution in [-0.2, 0) is 4.79 Å². The molecule has 19 heavy (non-hydrogen) atoms. The van der Waals surface area contributed by atoms with E-state index in [0.717, 1.165) is 24.2 Å². The molecule has 0 atom stereocenters. The number of rotatable bonds is 4. The van der Waals surface area contributed by atoms with Crippen LogP contribution in [0.3, 0.4) is 0 Å². The van der Waals surface area contributed by atoms with E-state index in [4.69, 9.17) is 5.11 Å². The van der Waals surface area contributed by atoms with Gasteiger partial charge in [-0.25, -0.2) is 4.79 Å². The zero-order valence-corrected chi connectivity index (χ0v) is 11.6. The lowest BCUT2D eigenvalue weighted by Crippen LogP contribution is -2.17. The molecule has 2 rings (SSSR count). The first kappa shape index (κ1) is 13.7. The first-order valence-electron chi connectivity index (χ1n) is 6.88. The van der Waals surface area contributed by atoms with E-state index in [1.54, 1.807) is 0 Å². The number of hydrogen-bond donors (Lipinski definition) is 1.